The van der Waals surface area contributed by atoms with E-state index in [1.165, 1.54) is 79.8 Å². The Balaban J connectivity index is 1.18. The maximum absolute atomic E-state index is 15.6. The van der Waals surface area contributed by atoms with E-state index in [1.807, 2.05) is 0 Å². The van der Waals surface area contributed by atoms with Gasteiger partial charge in [0.15, 0.2) is 0 Å². The number of amides is 14. The Bertz CT molecular complexity index is 4670. The van der Waals surface area contributed by atoms with Crippen molar-refractivity contribution in [2.24, 2.45) is 17.6 Å². The fraction of sp³-hybridized carbons (Fsp3) is 0.381. The first kappa shape index (κ1) is 91.6. The smallest absolute Gasteiger partial charge is 0.245 e. The van der Waals surface area contributed by atoms with Crippen LogP contribution < -0.4 is 69.5 Å². The predicted octanol–water partition coefficient (Wildman–Crippen LogP) is -0.743. The third-order valence-electron chi connectivity index (χ3n) is 19.4. The first-order chi connectivity index (χ1) is 56.8. The number of primary amides is 1. The molecule has 1 aliphatic rings. The van der Waals surface area contributed by atoms with Crippen molar-refractivity contribution in [1.82, 2.24) is 73.7 Å². The molecule has 0 spiro atoms. The van der Waals surface area contributed by atoms with E-state index in [0.29, 0.717) is 44.3 Å². The molecule has 0 unspecified atom stereocenters. The molecule has 34 nitrogen and oxygen atoms in total. The predicted molar refractivity (Wildman–Crippen MR) is 439 cm³/mol. The number of nitrogens with two attached hydrogens (primary N) is 1. The van der Waals surface area contributed by atoms with Crippen LogP contribution in [-0.2, 0) is 106 Å². The molecular weight excluding hydrogens is 1560 g/mol. The number of H-pyrrole nitrogens is 1. The second-order valence-corrected chi connectivity index (χ2v) is 30.8. The minimum atomic E-state index is -1.87. The molecule has 1 fully saturated rings. The largest absolute Gasteiger partial charge is 0.508 e. The average Bonchev–Trinajstić information content (AvgIpc) is 1.78. The highest BCUT2D eigenvalue weighted by Crippen LogP contribution is 2.23. The van der Waals surface area contributed by atoms with Crippen LogP contribution in [0.25, 0.3) is 10.9 Å². The molecule has 0 bridgehead atoms. The lowest BCUT2D eigenvalue weighted by molar-refractivity contribution is -0.143. The fourth-order valence-corrected chi connectivity index (χ4v) is 14.0. The molecule has 1 saturated heterocycles. The monoisotopic (exact) mass is 1660 g/mol. The topological polar surface area (TPSA) is 530 Å². The van der Waals surface area contributed by atoms with Crippen LogP contribution in [0.1, 0.15) is 73.9 Å². The minimum absolute atomic E-state index is 0.0751. The third-order valence-corrected chi connectivity index (χ3v) is 20.4. The van der Waals surface area contributed by atoms with Crippen LogP contribution in [0.3, 0.4) is 0 Å². The maximum atomic E-state index is 15.6. The zero-order valence-corrected chi connectivity index (χ0v) is 67.2. The van der Waals surface area contributed by atoms with Crippen molar-refractivity contribution in [3.05, 3.63) is 197 Å². The van der Waals surface area contributed by atoms with E-state index in [1.54, 1.807) is 119 Å². The second kappa shape index (κ2) is 45.0. The van der Waals surface area contributed by atoms with E-state index < -0.39 is 181 Å². The number of phenolic OH excluding ortho intramolecular Hbond substituents is 3. The number of aliphatic hydroxyl groups is 2. The molecular formula is C84H103N15O19S. The van der Waals surface area contributed by atoms with Gasteiger partial charge >= 0.3 is 0 Å². The minimum Gasteiger partial charge on any atom is -0.508 e. The van der Waals surface area contributed by atoms with E-state index in [-0.39, 0.29) is 86.2 Å². The number of aromatic amines is 1. The molecule has 0 saturated carbocycles. The molecule has 7 aromatic rings. The Morgan fingerprint density at radius 1 is 0.437 bits per heavy atom. The molecule has 35 heteroatoms. The number of likely N-dealkylation sites (N-methyl/N-ethyl adjacent to an activating group) is 1. The van der Waals surface area contributed by atoms with Crippen LogP contribution in [0.2, 0.25) is 0 Å². The highest BCUT2D eigenvalue weighted by molar-refractivity contribution is 8.00. The number of phenols is 3. The summed E-state index contributed by atoms with van der Waals surface area (Å²) in [6.45, 7) is 3.11. The van der Waals surface area contributed by atoms with Crippen LogP contribution in [0.4, 0.5) is 0 Å². The number of nitrogens with one attached hydrogen (secondary N) is 13. The summed E-state index contributed by atoms with van der Waals surface area (Å²) in [4.78, 5) is 208. The molecule has 6 aromatic carbocycles. The summed E-state index contributed by atoms with van der Waals surface area (Å²) in [5.41, 5.74) is 8.77. The van der Waals surface area contributed by atoms with E-state index >= 15 is 14.4 Å². The highest BCUT2D eigenvalue weighted by atomic mass is 32.2. The first-order valence-electron chi connectivity index (χ1n) is 38.7. The summed E-state index contributed by atoms with van der Waals surface area (Å²) in [6, 6.07) is 23.0. The lowest BCUT2D eigenvalue weighted by atomic mass is 9.98. The molecule has 634 valence electrons. The van der Waals surface area contributed by atoms with Crippen molar-refractivity contribution >= 4 is 105 Å². The summed E-state index contributed by atoms with van der Waals surface area (Å²) in [5.74, 6) is -15.7. The third kappa shape index (κ3) is 28.8. The Hall–Kier alpha value is -12.9. The van der Waals surface area contributed by atoms with Gasteiger partial charge in [0, 0.05) is 68.4 Å². The number of nitrogens with zero attached hydrogens (tertiary/aromatic N) is 1. The Morgan fingerprint density at radius 3 is 1.30 bits per heavy atom. The van der Waals surface area contributed by atoms with Gasteiger partial charge in [-0.05, 0) is 101 Å². The number of hydrogen-bond acceptors (Lipinski definition) is 20. The van der Waals surface area contributed by atoms with Crippen LogP contribution in [0.5, 0.6) is 17.2 Å². The van der Waals surface area contributed by atoms with Crippen molar-refractivity contribution in [2.45, 2.75) is 146 Å². The maximum Gasteiger partial charge on any atom is 0.245 e. The quantitative estimate of drug-likeness (QED) is 0.0421. The summed E-state index contributed by atoms with van der Waals surface area (Å²) >= 11 is 0.811. The average molecular weight is 1660 g/mol. The van der Waals surface area contributed by atoms with Crippen LogP contribution >= 0.6 is 11.8 Å². The van der Waals surface area contributed by atoms with Crippen molar-refractivity contribution in [2.75, 3.05) is 44.9 Å². The van der Waals surface area contributed by atoms with Gasteiger partial charge in [0.25, 0.3) is 0 Å². The number of carbonyl (C=O) groups excluding carboxylic acids is 14. The molecule has 20 N–H and O–H groups in total. The van der Waals surface area contributed by atoms with Gasteiger partial charge in [-0.15, -0.1) is 11.8 Å². The lowest BCUT2D eigenvalue weighted by Crippen LogP contribution is -2.61. The highest BCUT2D eigenvalue weighted by Gasteiger charge is 2.39. The van der Waals surface area contributed by atoms with E-state index in [4.69, 9.17) is 5.73 Å². The number of rotatable bonds is 21. The molecule has 1 aromatic heterocycles. The fourth-order valence-electron chi connectivity index (χ4n) is 13.1. The summed E-state index contributed by atoms with van der Waals surface area (Å²) < 4.78 is 0. The molecule has 11 atom stereocenters. The number of aromatic nitrogens is 1. The molecule has 14 amide bonds. The SMILES string of the molecule is CC(C)C[C@@H]1NC(=O)[C@H](Cc2ccc(O)cc2)NC(=O)[C@H](Cc2ccccc2)NC(=O)CSC[C@@H](C(=O)NCC(N)=O)NC(=O)[C@H](CC(C)C)NC(=O)[C@H](Cc2ccccc2)N(C)C(=O)[C@H](Cc2ccc(O)cc2)NC(=O)[C@H](Cc2c[nH]c3ccccc23)NC(=O)CNC(=O)[C@H](CO)NC(=O)[C@H](Cc2ccc(O)cc2)NC(=O)[C@H](CO)NC1=O. The number of hydrogen-bond donors (Lipinski definition) is 19. The van der Waals surface area contributed by atoms with E-state index in [2.05, 4.69) is 68.8 Å². The lowest BCUT2D eigenvalue weighted by Gasteiger charge is -2.33. The van der Waals surface area contributed by atoms with Crippen LogP contribution in [-0.4, -0.2) is 229 Å². The number of para-hydroxylation sites is 1. The van der Waals surface area contributed by atoms with Gasteiger partial charge in [0.05, 0.1) is 32.1 Å². The summed E-state index contributed by atoms with van der Waals surface area (Å²) in [6.07, 6.45) is -0.193. The second-order valence-electron chi connectivity index (χ2n) is 29.8. The standard InChI is InChI=1S/C84H103N15O19S/c1-47(2)32-60-76(110)97-68(44-101)82(116)93-64(36-52-22-28-56(103)29-23-52)80(114)96-67(43-100)74(108)88-42-72(106)89-65(39-54-40-86-59-19-13-12-18-58(54)59)81(115)95-66(37-53-24-30-57(104)31-25-53)84(118)99(5)70(38-50-16-10-7-11-17-50)83(117)94-61(33-48(3)4)77(111)98-69(75(109)87-41-71(85)105)45-119-46-73(107)90-62(34-49-14-8-6-9-15-49)78(112)92-63(79(113)91-60)35-51-20-26-55(102)27-21-51/h6-31,40,47-48,60-70,86,100-104H,32-39,41-46H2,1-5H3,(H2,85,105)(H,87,109)(H,88,108)(H,89,106)(H,90,107)(H,91,113)(H,92,112)(H,93,116)(H,94,117)(H,95,115)(H,96,114)(H,97,110)(H,98,111)/t60-,61-,62-,63-,64-,65-,66-,67-,68-,69-,70-/m0/s1. The van der Waals surface area contributed by atoms with Gasteiger partial charge in [0.1, 0.15) is 83.7 Å². The van der Waals surface area contributed by atoms with Gasteiger partial charge < -0.3 is 105 Å². The van der Waals surface area contributed by atoms with E-state index in [0.717, 1.165) is 16.7 Å². The number of aromatic hydroxyl groups is 3. The van der Waals surface area contributed by atoms with Crippen molar-refractivity contribution in [3.8, 4) is 17.2 Å². The van der Waals surface area contributed by atoms with Gasteiger partial charge in [-0.1, -0.05) is 143 Å². The summed E-state index contributed by atoms with van der Waals surface area (Å²) in [5, 5.41) is 83.8. The number of benzene rings is 6. The zero-order chi connectivity index (χ0) is 86.4. The first-order valence-corrected chi connectivity index (χ1v) is 39.9. The number of carbonyl (C=O) groups is 14. The van der Waals surface area contributed by atoms with Crippen molar-refractivity contribution in [3.63, 3.8) is 0 Å². The van der Waals surface area contributed by atoms with E-state index in [9.17, 15) is 78.3 Å². The Kier molecular flexibility index (Phi) is 34.7. The van der Waals surface area contributed by atoms with Crippen LogP contribution in [0.15, 0.2) is 164 Å². The molecule has 8 rings (SSSR count). The molecule has 0 radical (unpaired) electrons. The van der Waals surface area contributed by atoms with Gasteiger partial charge in [-0.3, -0.25) is 67.1 Å². The van der Waals surface area contributed by atoms with Gasteiger partial charge in [-0.2, -0.15) is 0 Å². The van der Waals surface area contributed by atoms with Crippen molar-refractivity contribution in [1.29, 1.82) is 0 Å². The summed E-state index contributed by atoms with van der Waals surface area (Å²) in [7, 11) is 1.31. The Morgan fingerprint density at radius 2 is 0.815 bits per heavy atom. The number of thioether (sulfide) groups is 1. The normalized spacial score (nSPS) is 22.2. The van der Waals surface area contributed by atoms with Gasteiger partial charge in [-0.25, -0.2) is 0 Å². The Labute approximate surface area is 690 Å². The molecule has 0 aliphatic carbocycles. The van der Waals surface area contributed by atoms with Crippen molar-refractivity contribution < 1.29 is 92.7 Å². The zero-order valence-electron chi connectivity index (χ0n) is 66.4. The number of aliphatic hydroxyl groups excluding tert-OH is 2. The number of fused-ring (bicyclic) bond motifs is 1. The molecule has 119 heavy (non-hydrogen) atoms. The molecule has 1 aliphatic heterocycles. The molecule has 2 heterocycles. The van der Waals surface area contributed by atoms with Gasteiger partial charge in [0.2, 0.25) is 82.7 Å². The van der Waals surface area contributed by atoms with Crippen LogP contribution in [0, 0.1) is 11.8 Å².